The van der Waals surface area contributed by atoms with Crippen LogP contribution >= 0.6 is 0 Å². The van der Waals surface area contributed by atoms with E-state index in [0.717, 1.165) is 0 Å². The molecule has 266 valence electrons. The van der Waals surface area contributed by atoms with Gasteiger partial charge in [-0.25, -0.2) is 4.79 Å². The maximum absolute atomic E-state index is 13.5. The summed E-state index contributed by atoms with van der Waals surface area (Å²) in [6.07, 6.45) is -1.31. The van der Waals surface area contributed by atoms with Crippen LogP contribution in [0.1, 0.15) is 79.1 Å². The Bertz CT molecular complexity index is 1380. The van der Waals surface area contributed by atoms with E-state index in [1.54, 1.807) is 54.5 Å². The lowest BCUT2D eigenvalue weighted by Gasteiger charge is -2.29. The lowest BCUT2D eigenvalue weighted by Crippen LogP contribution is -2.60. The molecular weight excluding hydrogens is 624 g/mol. The monoisotopic (exact) mass is 674 g/mol. The molecule has 0 heterocycles. The molecule has 0 aliphatic rings. The molecule has 0 radical (unpaired) electrons. The third kappa shape index (κ3) is 13.5. The average molecular weight is 675 g/mol. The maximum Gasteiger partial charge on any atom is 0.408 e. The largest absolute Gasteiger partial charge is 0.444 e. The van der Waals surface area contributed by atoms with E-state index in [0.29, 0.717) is 5.56 Å². The van der Waals surface area contributed by atoms with Crippen molar-refractivity contribution < 1.29 is 43.1 Å². The van der Waals surface area contributed by atoms with E-state index < -0.39 is 83.5 Å². The highest BCUT2D eigenvalue weighted by Crippen LogP contribution is 2.13. The van der Waals surface area contributed by atoms with E-state index in [-0.39, 0.29) is 17.4 Å². The van der Waals surface area contributed by atoms with E-state index in [1.807, 2.05) is 0 Å². The Morgan fingerprint density at radius 1 is 0.771 bits per heavy atom. The zero-order valence-electron chi connectivity index (χ0n) is 29.6. The molecule has 0 aliphatic heterocycles. The summed E-state index contributed by atoms with van der Waals surface area (Å²) < 4.78 is 5.26. The average Bonchev–Trinajstić information content (AvgIpc) is 2.96. The minimum atomic E-state index is -1.49. The van der Waals surface area contributed by atoms with Gasteiger partial charge in [0.2, 0.25) is 29.4 Å². The highest BCUT2D eigenvalue weighted by Gasteiger charge is 2.35. The van der Waals surface area contributed by atoms with Crippen molar-refractivity contribution in [1.29, 1.82) is 0 Å². The minimum absolute atomic E-state index is 0.198. The zero-order chi connectivity index (χ0) is 37.1. The smallest absolute Gasteiger partial charge is 0.408 e. The molecule has 0 saturated carbocycles. The SMILES string of the molecule is CC(=O)c1cccc(NC(=O)C(=O)C(C)NC(=O)C(CC(=O)N(C)C)NC(=O)C(NC(=O)C(NC(=O)OC(C)(C)C)C(C)C)C(C)C)c1. The minimum Gasteiger partial charge on any atom is -0.444 e. The van der Waals surface area contributed by atoms with E-state index >= 15 is 0 Å². The molecule has 1 rings (SSSR count). The molecule has 0 spiro atoms. The molecule has 6 amide bonds. The molecule has 1 aromatic carbocycles. The van der Waals surface area contributed by atoms with Crippen LogP contribution in [0, 0.1) is 11.8 Å². The number of benzene rings is 1. The number of ether oxygens (including phenoxy) is 1. The summed E-state index contributed by atoms with van der Waals surface area (Å²) in [5.41, 5.74) is -0.291. The van der Waals surface area contributed by atoms with Crippen LogP contribution in [0.25, 0.3) is 0 Å². The van der Waals surface area contributed by atoms with Crippen molar-refractivity contribution in [2.24, 2.45) is 11.8 Å². The van der Waals surface area contributed by atoms with Crippen molar-refractivity contribution in [2.75, 3.05) is 19.4 Å². The Labute approximate surface area is 281 Å². The molecule has 1 aromatic rings. The fourth-order valence-electron chi connectivity index (χ4n) is 4.16. The van der Waals surface area contributed by atoms with Crippen molar-refractivity contribution in [3.63, 3.8) is 0 Å². The van der Waals surface area contributed by atoms with Crippen LogP contribution in [0.3, 0.4) is 0 Å². The lowest BCUT2D eigenvalue weighted by atomic mass is 9.99. The molecule has 4 atom stereocenters. The van der Waals surface area contributed by atoms with E-state index in [1.165, 1.54) is 51.0 Å². The van der Waals surface area contributed by atoms with E-state index in [2.05, 4.69) is 26.6 Å². The molecule has 0 aliphatic carbocycles. The van der Waals surface area contributed by atoms with Gasteiger partial charge in [0, 0.05) is 25.3 Å². The number of amides is 6. The Kier molecular flexibility index (Phi) is 15.4. The van der Waals surface area contributed by atoms with Crippen molar-refractivity contribution >= 4 is 52.9 Å². The normalized spacial score (nSPS) is 13.7. The third-order valence-corrected chi connectivity index (χ3v) is 6.88. The first-order valence-corrected chi connectivity index (χ1v) is 15.6. The number of hydrogen-bond donors (Lipinski definition) is 5. The van der Waals surface area contributed by atoms with Crippen LogP contribution in [-0.2, 0) is 33.5 Å². The fraction of sp³-hybridized carbons (Fsp3) is 0.576. The van der Waals surface area contributed by atoms with Crippen molar-refractivity contribution in [3.8, 4) is 0 Å². The first kappa shape index (κ1) is 41.2. The standard InChI is InChI=1S/C33H50N6O9/c1-17(2)25(37-30(45)26(18(3)4)38-32(47)48-33(7,8)9)29(44)36-23(16-24(41)39(10)11)28(43)34-19(5)27(42)31(46)35-22-14-12-13-21(15-22)20(6)40/h12-15,17-19,23,25-26H,16H2,1-11H3,(H,34,43)(H,35,46)(H,36,44)(H,37,45)(H,38,47). The number of nitrogens with one attached hydrogen (secondary N) is 5. The van der Waals surface area contributed by atoms with E-state index in [4.69, 9.17) is 4.74 Å². The van der Waals surface area contributed by atoms with Gasteiger partial charge in [-0.15, -0.1) is 0 Å². The van der Waals surface area contributed by atoms with Gasteiger partial charge in [0.1, 0.15) is 23.7 Å². The Hall–Kier alpha value is -4.82. The summed E-state index contributed by atoms with van der Waals surface area (Å²) >= 11 is 0. The van der Waals surface area contributed by atoms with Crippen LogP contribution in [-0.4, -0.2) is 96.0 Å². The first-order valence-electron chi connectivity index (χ1n) is 15.6. The van der Waals surface area contributed by atoms with Gasteiger partial charge in [-0.1, -0.05) is 39.8 Å². The van der Waals surface area contributed by atoms with Gasteiger partial charge in [0.25, 0.3) is 5.91 Å². The first-order chi connectivity index (χ1) is 22.0. The summed E-state index contributed by atoms with van der Waals surface area (Å²) in [4.78, 5) is 103. The van der Waals surface area contributed by atoms with Gasteiger partial charge in [-0.05, 0) is 58.6 Å². The molecule has 0 bridgehead atoms. The Morgan fingerprint density at radius 3 is 1.81 bits per heavy atom. The van der Waals surface area contributed by atoms with Crippen LogP contribution < -0.4 is 26.6 Å². The molecule has 0 fully saturated rings. The van der Waals surface area contributed by atoms with Gasteiger partial charge in [0.15, 0.2) is 5.78 Å². The summed E-state index contributed by atoms with van der Waals surface area (Å²) in [6.45, 7) is 14.3. The number of ketones is 2. The predicted molar refractivity (Wildman–Crippen MR) is 178 cm³/mol. The summed E-state index contributed by atoms with van der Waals surface area (Å²) in [5.74, 6) is -6.13. The number of anilines is 1. The van der Waals surface area contributed by atoms with Crippen LogP contribution in [0.5, 0.6) is 0 Å². The molecule has 4 unspecified atom stereocenters. The zero-order valence-corrected chi connectivity index (χ0v) is 29.6. The predicted octanol–water partition coefficient (Wildman–Crippen LogP) is 1.55. The number of hydrogen-bond acceptors (Lipinski definition) is 9. The number of nitrogens with zero attached hydrogens (tertiary/aromatic N) is 1. The number of carbonyl (C=O) groups excluding carboxylic acids is 8. The highest BCUT2D eigenvalue weighted by atomic mass is 16.6. The maximum atomic E-state index is 13.5. The number of rotatable bonds is 15. The lowest BCUT2D eigenvalue weighted by molar-refractivity contribution is -0.139. The number of alkyl carbamates (subject to hydrolysis) is 1. The van der Waals surface area contributed by atoms with Gasteiger partial charge < -0.3 is 36.2 Å². The second-order valence-electron chi connectivity index (χ2n) is 13.3. The highest BCUT2D eigenvalue weighted by molar-refractivity contribution is 6.42. The third-order valence-electron chi connectivity index (χ3n) is 6.88. The van der Waals surface area contributed by atoms with Crippen molar-refractivity contribution in [3.05, 3.63) is 29.8 Å². The molecule has 0 saturated heterocycles. The van der Waals surface area contributed by atoms with Crippen molar-refractivity contribution in [2.45, 2.75) is 98.5 Å². The topological polar surface area (TPSA) is 209 Å². The van der Waals surface area contributed by atoms with Gasteiger partial charge >= 0.3 is 6.09 Å². The quantitative estimate of drug-likeness (QED) is 0.135. The number of carbonyl (C=O) groups is 8. The summed E-state index contributed by atoms with van der Waals surface area (Å²) in [6, 6.07) is 0.850. The molecule has 5 N–H and O–H groups in total. The van der Waals surface area contributed by atoms with Crippen LogP contribution in [0.15, 0.2) is 24.3 Å². The molecule has 0 aromatic heterocycles. The molecular formula is C33H50N6O9. The van der Waals surface area contributed by atoms with Gasteiger partial charge in [-0.3, -0.25) is 33.6 Å². The summed E-state index contributed by atoms with van der Waals surface area (Å²) in [5, 5.41) is 12.4. The second kappa shape index (κ2) is 17.9. The second-order valence-corrected chi connectivity index (χ2v) is 13.3. The Morgan fingerprint density at radius 2 is 1.31 bits per heavy atom. The fourth-order valence-corrected chi connectivity index (χ4v) is 4.16. The molecule has 48 heavy (non-hydrogen) atoms. The van der Waals surface area contributed by atoms with Crippen LogP contribution in [0.4, 0.5) is 10.5 Å². The van der Waals surface area contributed by atoms with Crippen molar-refractivity contribution in [1.82, 2.24) is 26.2 Å². The van der Waals surface area contributed by atoms with Gasteiger partial charge in [-0.2, -0.15) is 0 Å². The molecule has 15 heteroatoms. The Balaban J connectivity index is 3.12. The molecule has 15 nitrogen and oxygen atoms in total. The van der Waals surface area contributed by atoms with Gasteiger partial charge in [0.05, 0.1) is 12.5 Å². The number of Topliss-reactive ketones (excluding diaryl/α,β-unsaturated/α-hetero) is 2. The summed E-state index contributed by atoms with van der Waals surface area (Å²) in [7, 11) is 2.91. The van der Waals surface area contributed by atoms with E-state index in [9.17, 15) is 38.4 Å². The van der Waals surface area contributed by atoms with Crippen LogP contribution in [0.2, 0.25) is 0 Å².